The largest absolute Gasteiger partial charge is 0.492 e. The third-order valence-corrected chi connectivity index (χ3v) is 3.82. The summed E-state index contributed by atoms with van der Waals surface area (Å²) in [6.45, 7) is 5.57. The van der Waals surface area contributed by atoms with E-state index in [9.17, 15) is 19.1 Å². The van der Waals surface area contributed by atoms with E-state index in [0.29, 0.717) is 25.1 Å². The van der Waals surface area contributed by atoms with E-state index in [2.05, 4.69) is 5.32 Å². The fourth-order valence-corrected chi connectivity index (χ4v) is 2.25. The number of amides is 1. The Labute approximate surface area is 129 Å². The number of ether oxygens (including phenoxy) is 1. The van der Waals surface area contributed by atoms with Gasteiger partial charge in [0.25, 0.3) is 0 Å². The number of carbonyl (C=O) groups excluding carboxylic acids is 1. The smallest absolute Gasteiger partial charge is 0.310 e. The zero-order valence-electron chi connectivity index (χ0n) is 13.1. The van der Waals surface area contributed by atoms with E-state index >= 15 is 0 Å². The molecule has 5 nitrogen and oxygen atoms in total. The Morgan fingerprint density at radius 2 is 1.91 bits per heavy atom. The molecule has 0 aliphatic heterocycles. The molecule has 0 bridgehead atoms. The molecule has 22 heavy (non-hydrogen) atoms. The molecule has 1 rings (SSSR count). The summed E-state index contributed by atoms with van der Waals surface area (Å²) in [4.78, 5) is 23.6. The fraction of sp³-hybridized carbons (Fsp3) is 0.500. The maximum atomic E-state index is 13.2. The van der Waals surface area contributed by atoms with Gasteiger partial charge in [0.1, 0.15) is 11.6 Å². The average molecular weight is 311 g/mol. The van der Waals surface area contributed by atoms with Crippen molar-refractivity contribution in [2.24, 2.45) is 5.41 Å². The van der Waals surface area contributed by atoms with Crippen LogP contribution in [0.4, 0.5) is 10.1 Å². The fourth-order valence-electron chi connectivity index (χ4n) is 2.25. The van der Waals surface area contributed by atoms with Crippen molar-refractivity contribution in [1.82, 2.24) is 0 Å². The van der Waals surface area contributed by atoms with Crippen LogP contribution in [0.15, 0.2) is 18.2 Å². The zero-order chi connectivity index (χ0) is 16.8. The maximum Gasteiger partial charge on any atom is 0.310 e. The van der Waals surface area contributed by atoms with Crippen LogP contribution >= 0.6 is 0 Å². The van der Waals surface area contributed by atoms with Gasteiger partial charge in [-0.3, -0.25) is 9.59 Å². The Morgan fingerprint density at radius 1 is 1.27 bits per heavy atom. The van der Waals surface area contributed by atoms with Crippen LogP contribution in [0.1, 0.15) is 40.0 Å². The first-order valence-electron chi connectivity index (χ1n) is 7.34. The Hall–Kier alpha value is -2.11. The first kappa shape index (κ1) is 17.9. The van der Waals surface area contributed by atoms with Crippen molar-refractivity contribution >= 4 is 17.6 Å². The number of aliphatic carboxylic acids is 1. The predicted molar refractivity (Wildman–Crippen MR) is 81.5 cm³/mol. The second-order valence-electron chi connectivity index (χ2n) is 5.09. The SMILES string of the molecule is CCOc1cc(F)ccc1NC(=O)CC(CC)(CC)C(=O)O. The molecule has 1 aromatic rings. The summed E-state index contributed by atoms with van der Waals surface area (Å²) >= 11 is 0. The van der Waals surface area contributed by atoms with Crippen LogP contribution in [0.3, 0.4) is 0 Å². The molecule has 0 unspecified atom stereocenters. The van der Waals surface area contributed by atoms with Crippen LogP contribution in [0, 0.1) is 11.2 Å². The monoisotopic (exact) mass is 311 g/mol. The van der Waals surface area contributed by atoms with Gasteiger partial charge in [-0.25, -0.2) is 4.39 Å². The molecule has 1 amide bonds. The lowest BCUT2D eigenvalue weighted by atomic mass is 9.79. The van der Waals surface area contributed by atoms with Gasteiger partial charge in [-0.1, -0.05) is 13.8 Å². The summed E-state index contributed by atoms with van der Waals surface area (Å²) in [5.41, 5.74) is -0.754. The molecule has 0 aliphatic rings. The highest BCUT2D eigenvalue weighted by Crippen LogP contribution is 2.32. The Morgan fingerprint density at radius 3 is 2.41 bits per heavy atom. The Kier molecular flexibility index (Phi) is 6.34. The van der Waals surface area contributed by atoms with E-state index in [-0.39, 0.29) is 12.2 Å². The number of nitrogens with one attached hydrogen (secondary N) is 1. The number of carbonyl (C=O) groups is 2. The van der Waals surface area contributed by atoms with Crippen molar-refractivity contribution in [3.8, 4) is 5.75 Å². The highest BCUT2D eigenvalue weighted by Gasteiger charge is 2.37. The van der Waals surface area contributed by atoms with Crippen molar-refractivity contribution in [3.05, 3.63) is 24.0 Å². The molecule has 122 valence electrons. The normalized spacial score (nSPS) is 11.1. The van der Waals surface area contributed by atoms with Crippen molar-refractivity contribution in [2.75, 3.05) is 11.9 Å². The third-order valence-electron chi connectivity index (χ3n) is 3.82. The number of benzene rings is 1. The van der Waals surface area contributed by atoms with Crippen molar-refractivity contribution in [2.45, 2.75) is 40.0 Å². The van der Waals surface area contributed by atoms with Gasteiger partial charge in [-0.15, -0.1) is 0 Å². The molecule has 0 saturated carbocycles. The van der Waals surface area contributed by atoms with Crippen molar-refractivity contribution in [3.63, 3.8) is 0 Å². The van der Waals surface area contributed by atoms with Gasteiger partial charge < -0.3 is 15.2 Å². The number of anilines is 1. The van der Waals surface area contributed by atoms with Crippen molar-refractivity contribution in [1.29, 1.82) is 0 Å². The van der Waals surface area contributed by atoms with Gasteiger partial charge in [-0.05, 0) is 31.9 Å². The average Bonchev–Trinajstić information content (AvgIpc) is 2.47. The molecule has 0 atom stereocenters. The molecule has 2 N–H and O–H groups in total. The van der Waals surface area contributed by atoms with Crippen molar-refractivity contribution < 1.29 is 23.8 Å². The van der Waals surface area contributed by atoms with Crippen LogP contribution in [-0.4, -0.2) is 23.6 Å². The number of hydrogen-bond donors (Lipinski definition) is 2. The van der Waals surface area contributed by atoms with Gasteiger partial charge >= 0.3 is 5.97 Å². The summed E-state index contributed by atoms with van der Waals surface area (Å²) < 4.78 is 18.5. The van der Waals surface area contributed by atoms with Crippen LogP contribution in [0.25, 0.3) is 0 Å². The molecule has 0 spiro atoms. The maximum absolute atomic E-state index is 13.2. The minimum Gasteiger partial charge on any atom is -0.492 e. The second kappa shape index (κ2) is 7.77. The number of carboxylic acid groups (broad SMARTS) is 1. The molecule has 0 heterocycles. The molecule has 0 saturated heterocycles. The molecule has 0 radical (unpaired) electrons. The summed E-state index contributed by atoms with van der Waals surface area (Å²) in [5, 5.41) is 12.0. The van der Waals surface area contributed by atoms with Gasteiger partial charge in [0.05, 0.1) is 17.7 Å². The number of halogens is 1. The quantitative estimate of drug-likeness (QED) is 0.771. The van der Waals surface area contributed by atoms with Crippen LogP contribution < -0.4 is 10.1 Å². The van der Waals surface area contributed by atoms with Gasteiger partial charge in [-0.2, -0.15) is 0 Å². The highest BCUT2D eigenvalue weighted by molar-refractivity contribution is 5.95. The van der Waals surface area contributed by atoms with Gasteiger partial charge in [0.2, 0.25) is 5.91 Å². The minimum atomic E-state index is -1.09. The molecule has 1 aromatic carbocycles. The predicted octanol–water partition coefficient (Wildman–Crippen LogP) is 3.44. The van der Waals surface area contributed by atoms with E-state index in [1.54, 1.807) is 20.8 Å². The van der Waals surface area contributed by atoms with E-state index in [4.69, 9.17) is 4.74 Å². The number of hydrogen-bond acceptors (Lipinski definition) is 3. The third kappa shape index (κ3) is 4.19. The second-order valence-corrected chi connectivity index (χ2v) is 5.09. The highest BCUT2D eigenvalue weighted by atomic mass is 19.1. The van der Waals surface area contributed by atoms with Gasteiger partial charge in [0.15, 0.2) is 0 Å². The summed E-state index contributed by atoms with van der Waals surface area (Å²) in [6.07, 6.45) is 0.570. The standard InChI is InChI=1S/C16H22FNO4/c1-4-16(5-2,15(20)21)10-14(19)18-12-8-7-11(17)9-13(12)22-6-3/h7-9H,4-6,10H2,1-3H3,(H,18,19)(H,20,21). The van der Waals surface area contributed by atoms with E-state index in [1.165, 1.54) is 18.2 Å². The minimum absolute atomic E-state index is 0.141. The van der Waals surface area contributed by atoms with E-state index in [1.807, 2.05) is 0 Å². The van der Waals surface area contributed by atoms with E-state index < -0.39 is 23.1 Å². The molecule has 0 fully saturated rings. The molecular weight excluding hydrogens is 289 g/mol. The lowest BCUT2D eigenvalue weighted by molar-refractivity contribution is -0.151. The first-order valence-corrected chi connectivity index (χ1v) is 7.34. The zero-order valence-corrected chi connectivity index (χ0v) is 13.1. The van der Waals surface area contributed by atoms with E-state index in [0.717, 1.165) is 0 Å². The van der Waals surface area contributed by atoms with Crippen LogP contribution in [0.5, 0.6) is 5.75 Å². The molecule has 6 heteroatoms. The lowest BCUT2D eigenvalue weighted by Gasteiger charge is -2.26. The lowest BCUT2D eigenvalue weighted by Crippen LogP contribution is -2.34. The summed E-state index contributed by atoms with van der Waals surface area (Å²) in [5.74, 6) is -1.66. The van der Waals surface area contributed by atoms with Gasteiger partial charge in [0, 0.05) is 12.5 Å². The Balaban J connectivity index is 2.91. The topological polar surface area (TPSA) is 75.6 Å². The molecule has 0 aromatic heterocycles. The number of rotatable bonds is 8. The molecular formula is C16H22FNO4. The number of carboxylic acids is 1. The van der Waals surface area contributed by atoms with Crippen LogP contribution in [-0.2, 0) is 9.59 Å². The molecule has 0 aliphatic carbocycles. The first-order chi connectivity index (χ1) is 10.4. The Bertz CT molecular complexity index is 541. The summed E-state index contributed by atoms with van der Waals surface area (Å²) in [7, 11) is 0. The summed E-state index contributed by atoms with van der Waals surface area (Å²) in [6, 6.07) is 3.80. The van der Waals surface area contributed by atoms with Crippen LogP contribution in [0.2, 0.25) is 0 Å².